The third kappa shape index (κ3) is 1.30. The number of pyridine rings is 1. The summed E-state index contributed by atoms with van der Waals surface area (Å²) >= 11 is 0. The second-order valence-corrected chi connectivity index (χ2v) is 6.07. The molecule has 0 N–H and O–H groups in total. The molecule has 0 spiro atoms. The third-order valence-electron chi connectivity index (χ3n) is 5.05. The fourth-order valence-electron chi connectivity index (χ4n) is 4.13. The van der Waals surface area contributed by atoms with E-state index in [1.807, 2.05) is 6.20 Å². The van der Waals surface area contributed by atoms with Crippen molar-refractivity contribution >= 4 is 11.6 Å². The highest BCUT2D eigenvalue weighted by Crippen LogP contribution is 2.52. The van der Waals surface area contributed by atoms with Gasteiger partial charge in [-0.15, -0.1) is 0 Å². The van der Waals surface area contributed by atoms with Gasteiger partial charge >= 0.3 is 0 Å². The van der Waals surface area contributed by atoms with Crippen LogP contribution >= 0.6 is 0 Å². The van der Waals surface area contributed by atoms with Crippen molar-refractivity contribution in [2.45, 2.75) is 25.2 Å². The molecule has 1 heterocycles. The van der Waals surface area contributed by atoms with E-state index in [1.54, 1.807) is 16.7 Å². The maximum atomic E-state index is 4.33. The van der Waals surface area contributed by atoms with Gasteiger partial charge in [0.15, 0.2) is 0 Å². The summed E-state index contributed by atoms with van der Waals surface area (Å²) in [5.41, 5.74) is 10.7. The molecule has 1 heteroatoms. The second kappa shape index (κ2) is 3.69. The predicted molar refractivity (Wildman–Crippen MR) is 81.3 cm³/mol. The summed E-state index contributed by atoms with van der Waals surface area (Å²) in [6.07, 6.45) is 9.85. The number of hydrogen-bond donors (Lipinski definition) is 0. The molecule has 1 unspecified atom stereocenters. The molecule has 3 aliphatic carbocycles. The highest BCUT2D eigenvalue weighted by atomic mass is 14.6. The van der Waals surface area contributed by atoms with Gasteiger partial charge in [-0.1, -0.05) is 41.5 Å². The molecule has 96 valence electrons. The van der Waals surface area contributed by atoms with Gasteiger partial charge in [-0.3, -0.25) is 4.98 Å². The molecular weight excluding hydrogens is 242 g/mol. The van der Waals surface area contributed by atoms with E-state index in [9.17, 15) is 0 Å². The van der Waals surface area contributed by atoms with Crippen molar-refractivity contribution in [3.63, 3.8) is 0 Å². The number of nitrogens with zero attached hydrogens (tertiary/aromatic N) is 1. The summed E-state index contributed by atoms with van der Waals surface area (Å²) in [5.74, 6) is 0.573. The van der Waals surface area contributed by atoms with Crippen molar-refractivity contribution in [2.24, 2.45) is 0 Å². The molecule has 2 aromatic rings. The fourth-order valence-corrected chi connectivity index (χ4v) is 4.13. The van der Waals surface area contributed by atoms with Crippen molar-refractivity contribution in [3.05, 3.63) is 76.1 Å². The molecular formula is C19H15N. The zero-order valence-electron chi connectivity index (χ0n) is 11.3. The third-order valence-corrected chi connectivity index (χ3v) is 5.05. The van der Waals surface area contributed by atoms with Gasteiger partial charge in [0, 0.05) is 18.3 Å². The Labute approximate surface area is 118 Å². The number of benzene rings is 1. The highest BCUT2D eigenvalue weighted by Gasteiger charge is 2.34. The normalized spacial score (nSPS) is 22.0. The first-order valence-electron chi connectivity index (χ1n) is 7.34. The molecule has 3 aliphatic rings. The Morgan fingerprint density at radius 3 is 3.00 bits per heavy atom. The van der Waals surface area contributed by atoms with Crippen molar-refractivity contribution < 1.29 is 0 Å². The summed E-state index contributed by atoms with van der Waals surface area (Å²) in [6, 6.07) is 11.1. The van der Waals surface area contributed by atoms with Crippen LogP contribution in [0, 0.1) is 0 Å². The topological polar surface area (TPSA) is 12.9 Å². The van der Waals surface area contributed by atoms with Crippen LogP contribution in [0.25, 0.3) is 11.6 Å². The lowest BCUT2D eigenvalue weighted by Crippen LogP contribution is -2.07. The van der Waals surface area contributed by atoms with Crippen molar-refractivity contribution in [1.29, 1.82) is 0 Å². The van der Waals surface area contributed by atoms with Gasteiger partial charge in [-0.25, -0.2) is 0 Å². The summed E-state index contributed by atoms with van der Waals surface area (Å²) in [7, 11) is 0. The first-order valence-corrected chi connectivity index (χ1v) is 7.34. The number of fused-ring (bicyclic) bond motifs is 5. The smallest absolute Gasteiger partial charge is 0.0312 e. The van der Waals surface area contributed by atoms with E-state index in [-0.39, 0.29) is 0 Å². The van der Waals surface area contributed by atoms with Gasteiger partial charge in [0.1, 0.15) is 0 Å². The summed E-state index contributed by atoms with van der Waals surface area (Å²) in [4.78, 5) is 4.33. The van der Waals surface area contributed by atoms with Crippen molar-refractivity contribution in [1.82, 2.24) is 4.98 Å². The highest BCUT2D eigenvalue weighted by molar-refractivity contribution is 5.82. The van der Waals surface area contributed by atoms with Crippen LogP contribution in [-0.4, -0.2) is 4.98 Å². The summed E-state index contributed by atoms with van der Waals surface area (Å²) < 4.78 is 0. The molecule has 1 aromatic carbocycles. The first-order chi connectivity index (χ1) is 9.90. The molecule has 1 aromatic heterocycles. The Balaban J connectivity index is 1.62. The Kier molecular flexibility index (Phi) is 1.96. The second-order valence-electron chi connectivity index (χ2n) is 6.07. The maximum Gasteiger partial charge on any atom is 0.0312 e. The molecule has 0 aliphatic heterocycles. The van der Waals surface area contributed by atoms with Gasteiger partial charge < -0.3 is 0 Å². The van der Waals surface area contributed by atoms with Gasteiger partial charge in [0.2, 0.25) is 0 Å². The minimum Gasteiger partial charge on any atom is -0.264 e. The molecule has 0 fully saturated rings. The van der Waals surface area contributed by atoms with E-state index in [2.05, 4.69) is 47.6 Å². The average Bonchev–Trinajstić information content (AvgIpc) is 3.02. The number of hydrogen-bond acceptors (Lipinski definition) is 1. The number of allylic oxidation sites excluding steroid dienone is 3. The van der Waals surface area contributed by atoms with E-state index >= 15 is 0 Å². The van der Waals surface area contributed by atoms with Crippen LogP contribution in [-0.2, 0) is 6.42 Å². The van der Waals surface area contributed by atoms with E-state index in [1.165, 1.54) is 22.3 Å². The number of rotatable bonds is 0. The van der Waals surface area contributed by atoms with Gasteiger partial charge in [-0.2, -0.15) is 0 Å². The van der Waals surface area contributed by atoms with Crippen LogP contribution in [0.5, 0.6) is 0 Å². The summed E-state index contributed by atoms with van der Waals surface area (Å²) in [6.45, 7) is 0. The minimum absolute atomic E-state index is 0.573. The van der Waals surface area contributed by atoms with Gasteiger partial charge in [-0.05, 0) is 53.2 Å². The maximum absolute atomic E-state index is 4.33. The SMILES string of the molecule is C1=C2CC3=C(CC2c2cnccc21)c1ccccc1C3. The Morgan fingerprint density at radius 2 is 2.00 bits per heavy atom. The van der Waals surface area contributed by atoms with Crippen molar-refractivity contribution in [3.8, 4) is 0 Å². The van der Waals surface area contributed by atoms with Crippen LogP contribution in [0.3, 0.4) is 0 Å². The molecule has 0 bridgehead atoms. The zero-order valence-corrected chi connectivity index (χ0v) is 11.3. The van der Waals surface area contributed by atoms with Crippen LogP contribution in [0.15, 0.2) is 53.9 Å². The molecule has 1 atom stereocenters. The predicted octanol–water partition coefficient (Wildman–Crippen LogP) is 4.37. The molecule has 0 saturated heterocycles. The van der Waals surface area contributed by atoms with E-state index < -0.39 is 0 Å². The van der Waals surface area contributed by atoms with Gasteiger partial charge in [0.05, 0.1) is 0 Å². The fraction of sp³-hybridized carbons (Fsp3) is 0.211. The lowest BCUT2D eigenvalue weighted by atomic mass is 9.80. The van der Waals surface area contributed by atoms with Crippen molar-refractivity contribution in [2.75, 3.05) is 0 Å². The molecule has 1 nitrogen and oxygen atoms in total. The lowest BCUT2D eigenvalue weighted by Gasteiger charge is -2.24. The quantitative estimate of drug-likeness (QED) is 0.683. The molecule has 0 saturated carbocycles. The average molecular weight is 257 g/mol. The van der Waals surface area contributed by atoms with E-state index in [4.69, 9.17) is 0 Å². The van der Waals surface area contributed by atoms with Gasteiger partial charge in [0.25, 0.3) is 0 Å². The largest absolute Gasteiger partial charge is 0.264 e. The Morgan fingerprint density at radius 1 is 1.05 bits per heavy atom. The molecule has 20 heavy (non-hydrogen) atoms. The Hall–Kier alpha value is -2.15. The van der Waals surface area contributed by atoms with Crippen LogP contribution in [0.2, 0.25) is 0 Å². The Bertz CT molecular complexity index is 795. The molecule has 0 amide bonds. The summed E-state index contributed by atoms with van der Waals surface area (Å²) in [5, 5.41) is 0. The monoisotopic (exact) mass is 257 g/mol. The zero-order chi connectivity index (χ0) is 13.1. The van der Waals surface area contributed by atoms with Crippen LogP contribution in [0.4, 0.5) is 0 Å². The molecule has 0 radical (unpaired) electrons. The first kappa shape index (κ1) is 10.6. The van der Waals surface area contributed by atoms with Crippen LogP contribution < -0.4 is 0 Å². The van der Waals surface area contributed by atoms with E-state index in [0.29, 0.717) is 5.92 Å². The molecule has 5 rings (SSSR count). The lowest BCUT2D eigenvalue weighted by molar-refractivity contribution is 0.770. The van der Waals surface area contributed by atoms with E-state index in [0.717, 1.165) is 19.3 Å². The number of aromatic nitrogens is 1. The standard InChI is InChI=1S/C19H15N/c1-2-4-16-12(3-1)7-14-9-15-8-13-5-6-20-11-19(13)18(15)10-17(14)16/h1-6,8,11,18H,7,9-10H2. The van der Waals surface area contributed by atoms with Crippen LogP contribution in [0.1, 0.15) is 41.0 Å². The minimum atomic E-state index is 0.573.